The number of hydrogen-bond acceptors (Lipinski definition) is 3. The number of hydrogen-bond donors (Lipinski definition) is 2. The highest BCUT2D eigenvalue weighted by Crippen LogP contribution is 2.35. The van der Waals surface area contributed by atoms with Crippen LogP contribution in [0, 0.1) is 0 Å². The van der Waals surface area contributed by atoms with E-state index in [1.165, 1.54) is 32.1 Å². The first kappa shape index (κ1) is 11.5. The predicted octanol–water partition coefficient (Wildman–Crippen LogP) is 2.46. The molecule has 0 bridgehead atoms. The molecule has 0 unspecified atom stereocenters. The number of nitrogens with two attached hydrogens (primary N) is 1. The van der Waals surface area contributed by atoms with Gasteiger partial charge in [-0.15, -0.1) is 0 Å². The van der Waals surface area contributed by atoms with Gasteiger partial charge in [-0.3, -0.25) is 0 Å². The summed E-state index contributed by atoms with van der Waals surface area (Å²) in [5.41, 5.74) is 8.97. The molecule has 0 aliphatic heterocycles. The molecule has 1 saturated carbocycles. The van der Waals surface area contributed by atoms with Gasteiger partial charge >= 0.3 is 0 Å². The Hall–Kier alpha value is -1.55. The highest BCUT2D eigenvalue weighted by molar-refractivity contribution is 5.54. The average molecular weight is 245 g/mol. The molecular formula is C14H19N3O. The van der Waals surface area contributed by atoms with Gasteiger partial charge in [0, 0.05) is 12.1 Å². The maximum absolute atomic E-state index is 9.15. The second-order valence-electron chi connectivity index (χ2n) is 5.14. The minimum absolute atomic E-state index is 0.0437. The maximum Gasteiger partial charge on any atom is 0.146 e. The van der Waals surface area contributed by atoms with Crippen LogP contribution in [-0.2, 0) is 6.61 Å². The highest BCUT2D eigenvalue weighted by Gasteiger charge is 2.22. The van der Waals surface area contributed by atoms with E-state index in [-0.39, 0.29) is 6.61 Å². The van der Waals surface area contributed by atoms with Crippen LogP contribution in [0.1, 0.15) is 49.3 Å². The van der Waals surface area contributed by atoms with Crippen molar-refractivity contribution in [1.29, 1.82) is 0 Å². The lowest BCUT2D eigenvalue weighted by Gasteiger charge is -2.21. The Kier molecular flexibility index (Phi) is 2.96. The van der Waals surface area contributed by atoms with E-state index in [1.54, 1.807) is 0 Å². The lowest BCUT2D eigenvalue weighted by atomic mass is 9.87. The lowest BCUT2D eigenvalue weighted by Crippen LogP contribution is -2.09. The zero-order chi connectivity index (χ0) is 12.5. The quantitative estimate of drug-likeness (QED) is 0.854. The molecule has 1 aliphatic carbocycles. The van der Waals surface area contributed by atoms with E-state index in [1.807, 2.05) is 18.3 Å². The highest BCUT2D eigenvalue weighted by atomic mass is 16.3. The maximum atomic E-state index is 9.15. The zero-order valence-electron chi connectivity index (χ0n) is 10.5. The van der Waals surface area contributed by atoms with Crippen LogP contribution in [0.25, 0.3) is 5.65 Å². The summed E-state index contributed by atoms with van der Waals surface area (Å²) < 4.78 is 2.09. The summed E-state index contributed by atoms with van der Waals surface area (Å²) in [4.78, 5) is 4.43. The van der Waals surface area contributed by atoms with Gasteiger partial charge in [-0.2, -0.15) is 0 Å². The molecule has 0 atom stereocenters. The monoisotopic (exact) mass is 245 g/mol. The van der Waals surface area contributed by atoms with Gasteiger partial charge in [0.05, 0.1) is 12.3 Å². The number of imidazole rings is 1. The van der Waals surface area contributed by atoms with Crippen LogP contribution in [0.5, 0.6) is 0 Å². The fourth-order valence-electron chi connectivity index (χ4n) is 3.00. The molecule has 3 N–H and O–H groups in total. The van der Waals surface area contributed by atoms with Gasteiger partial charge in [-0.25, -0.2) is 4.98 Å². The largest absolute Gasteiger partial charge is 0.392 e. The van der Waals surface area contributed by atoms with Gasteiger partial charge < -0.3 is 15.2 Å². The van der Waals surface area contributed by atoms with Crippen molar-refractivity contribution in [3.8, 4) is 0 Å². The number of aromatic nitrogens is 2. The Labute approximate surface area is 106 Å². The van der Waals surface area contributed by atoms with Crippen molar-refractivity contribution >= 4 is 11.5 Å². The summed E-state index contributed by atoms with van der Waals surface area (Å²) in [6, 6.07) is 3.84. The van der Waals surface area contributed by atoms with Crippen molar-refractivity contribution in [1.82, 2.24) is 9.38 Å². The second kappa shape index (κ2) is 4.61. The first-order valence-electron chi connectivity index (χ1n) is 6.67. The topological polar surface area (TPSA) is 63.5 Å². The van der Waals surface area contributed by atoms with Crippen LogP contribution in [0.3, 0.4) is 0 Å². The van der Waals surface area contributed by atoms with Gasteiger partial charge in [0.1, 0.15) is 11.5 Å². The fraction of sp³-hybridized carbons (Fsp3) is 0.500. The molecule has 2 aromatic rings. The number of nitrogens with zero attached hydrogens (tertiary/aromatic N) is 2. The second-order valence-corrected chi connectivity index (χ2v) is 5.14. The Balaban J connectivity index is 2.07. The standard InChI is InChI=1S/C14H19N3O/c15-14-13(11-4-2-1-3-5-11)17-7-6-10(9-18)8-12(17)16-14/h6-8,11,18H,1-5,9,15H2. The van der Waals surface area contributed by atoms with E-state index in [0.717, 1.165) is 16.9 Å². The third kappa shape index (κ3) is 1.86. The molecule has 0 aromatic carbocycles. The minimum atomic E-state index is 0.0437. The fourth-order valence-corrected chi connectivity index (χ4v) is 3.00. The number of fused-ring (bicyclic) bond motifs is 1. The van der Waals surface area contributed by atoms with Crippen molar-refractivity contribution in [2.45, 2.75) is 44.6 Å². The van der Waals surface area contributed by atoms with E-state index in [4.69, 9.17) is 10.8 Å². The Morgan fingerprint density at radius 2 is 2.11 bits per heavy atom. The number of rotatable bonds is 2. The Bertz CT molecular complexity index is 555. The van der Waals surface area contributed by atoms with Gasteiger partial charge in [-0.05, 0) is 30.5 Å². The van der Waals surface area contributed by atoms with Gasteiger partial charge in [-0.1, -0.05) is 19.3 Å². The molecular weight excluding hydrogens is 226 g/mol. The van der Waals surface area contributed by atoms with Crippen molar-refractivity contribution in [2.75, 3.05) is 5.73 Å². The summed E-state index contributed by atoms with van der Waals surface area (Å²) >= 11 is 0. The van der Waals surface area contributed by atoms with Crippen molar-refractivity contribution < 1.29 is 5.11 Å². The van der Waals surface area contributed by atoms with Crippen LogP contribution in [0.15, 0.2) is 18.3 Å². The van der Waals surface area contributed by atoms with E-state index >= 15 is 0 Å². The van der Waals surface area contributed by atoms with Gasteiger partial charge in [0.2, 0.25) is 0 Å². The normalized spacial score (nSPS) is 17.4. The summed E-state index contributed by atoms with van der Waals surface area (Å²) in [7, 11) is 0. The van der Waals surface area contributed by atoms with Crippen molar-refractivity contribution in [3.05, 3.63) is 29.6 Å². The Morgan fingerprint density at radius 3 is 2.83 bits per heavy atom. The van der Waals surface area contributed by atoms with E-state index in [9.17, 15) is 0 Å². The molecule has 3 rings (SSSR count). The molecule has 0 saturated heterocycles. The third-order valence-electron chi connectivity index (χ3n) is 3.93. The van der Waals surface area contributed by atoms with Crippen molar-refractivity contribution in [3.63, 3.8) is 0 Å². The number of aliphatic hydroxyl groups excluding tert-OH is 1. The molecule has 2 heterocycles. The first-order chi connectivity index (χ1) is 8.79. The van der Waals surface area contributed by atoms with E-state index in [0.29, 0.717) is 11.7 Å². The molecule has 2 aromatic heterocycles. The molecule has 96 valence electrons. The summed E-state index contributed by atoms with van der Waals surface area (Å²) in [5.74, 6) is 1.19. The van der Waals surface area contributed by atoms with Crippen LogP contribution in [0.2, 0.25) is 0 Å². The van der Waals surface area contributed by atoms with Crippen LogP contribution in [-0.4, -0.2) is 14.5 Å². The number of pyridine rings is 1. The Morgan fingerprint density at radius 1 is 1.33 bits per heavy atom. The van der Waals surface area contributed by atoms with Gasteiger partial charge in [0.25, 0.3) is 0 Å². The number of aliphatic hydroxyl groups is 1. The minimum Gasteiger partial charge on any atom is -0.392 e. The zero-order valence-corrected chi connectivity index (χ0v) is 10.5. The SMILES string of the molecule is Nc1nc2cc(CO)ccn2c1C1CCCCC1. The van der Waals surface area contributed by atoms with E-state index < -0.39 is 0 Å². The van der Waals surface area contributed by atoms with E-state index in [2.05, 4.69) is 9.38 Å². The van der Waals surface area contributed by atoms with Crippen LogP contribution >= 0.6 is 0 Å². The molecule has 0 spiro atoms. The molecule has 0 radical (unpaired) electrons. The number of anilines is 1. The summed E-state index contributed by atoms with van der Waals surface area (Å²) in [6.07, 6.45) is 8.30. The molecule has 1 aliphatic rings. The smallest absolute Gasteiger partial charge is 0.146 e. The summed E-state index contributed by atoms with van der Waals surface area (Å²) in [6.45, 7) is 0.0437. The first-order valence-corrected chi connectivity index (χ1v) is 6.67. The molecule has 1 fully saturated rings. The number of nitrogen functional groups attached to an aromatic ring is 1. The molecule has 18 heavy (non-hydrogen) atoms. The van der Waals surface area contributed by atoms with Crippen LogP contribution < -0.4 is 5.73 Å². The molecule has 4 heteroatoms. The third-order valence-corrected chi connectivity index (χ3v) is 3.93. The van der Waals surface area contributed by atoms with Crippen molar-refractivity contribution in [2.24, 2.45) is 0 Å². The lowest BCUT2D eigenvalue weighted by molar-refractivity contribution is 0.282. The van der Waals surface area contributed by atoms with Crippen LogP contribution in [0.4, 0.5) is 5.82 Å². The van der Waals surface area contributed by atoms with Gasteiger partial charge in [0.15, 0.2) is 0 Å². The average Bonchev–Trinajstić information content (AvgIpc) is 2.74. The summed E-state index contributed by atoms with van der Waals surface area (Å²) in [5, 5.41) is 9.15. The predicted molar refractivity (Wildman–Crippen MR) is 71.4 cm³/mol. The molecule has 0 amide bonds. The molecule has 4 nitrogen and oxygen atoms in total.